The molecule has 9 heteroatoms. The van der Waals surface area contributed by atoms with Gasteiger partial charge in [-0.25, -0.2) is 9.48 Å². The maximum atomic E-state index is 12.5. The van der Waals surface area contributed by atoms with Crippen molar-refractivity contribution in [1.82, 2.24) is 20.0 Å². The van der Waals surface area contributed by atoms with Gasteiger partial charge in [-0.1, -0.05) is 29.5 Å². The molecule has 4 aromatic rings. The molecule has 0 atom stereocenters. The topological polar surface area (TPSA) is 136 Å². The molecule has 166 valence electrons. The average molecular weight is 442 g/mol. The molecular weight excluding hydrogens is 420 g/mol. The SMILES string of the molecule is Nc1ccc(-c2cccnc2)cc1NC(=O)CCc1cn(Cc2ccc(C(=O)O)cc2)nn1. The average Bonchev–Trinajstić information content (AvgIpc) is 3.27. The van der Waals surface area contributed by atoms with E-state index in [2.05, 4.69) is 20.6 Å². The molecule has 4 rings (SSSR count). The number of nitrogens with one attached hydrogen (secondary N) is 1. The number of aryl methyl sites for hydroxylation is 1. The van der Waals surface area contributed by atoms with Gasteiger partial charge in [0.05, 0.1) is 29.2 Å². The minimum atomic E-state index is -0.964. The number of carboxylic acid groups (broad SMARTS) is 1. The number of nitrogens with zero attached hydrogens (tertiary/aromatic N) is 4. The molecule has 0 unspecified atom stereocenters. The van der Waals surface area contributed by atoms with Crippen LogP contribution in [-0.4, -0.2) is 37.0 Å². The van der Waals surface area contributed by atoms with E-state index in [1.165, 1.54) is 0 Å². The highest BCUT2D eigenvalue weighted by molar-refractivity contribution is 5.95. The second-order valence-corrected chi connectivity index (χ2v) is 7.50. The molecule has 33 heavy (non-hydrogen) atoms. The van der Waals surface area contributed by atoms with Crippen LogP contribution < -0.4 is 11.1 Å². The van der Waals surface area contributed by atoms with E-state index in [9.17, 15) is 9.59 Å². The van der Waals surface area contributed by atoms with Crippen LogP contribution in [0.4, 0.5) is 11.4 Å². The Morgan fingerprint density at radius 1 is 1.06 bits per heavy atom. The van der Waals surface area contributed by atoms with Gasteiger partial charge in [-0.2, -0.15) is 0 Å². The highest BCUT2D eigenvalue weighted by Crippen LogP contribution is 2.27. The maximum Gasteiger partial charge on any atom is 0.335 e. The summed E-state index contributed by atoms with van der Waals surface area (Å²) in [6.45, 7) is 0.455. The van der Waals surface area contributed by atoms with E-state index in [0.29, 0.717) is 30.0 Å². The van der Waals surface area contributed by atoms with Gasteiger partial charge in [-0.15, -0.1) is 5.10 Å². The summed E-state index contributed by atoms with van der Waals surface area (Å²) in [5.74, 6) is -1.14. The number of hydrogen-bond acceptors (Lipinski definition) is 6. The van der Waals surface area contributed by atoms with Gasteiger partial charge in [0.2, 0.25) is 5.91 Å². The molecule has 2 aromatic carbocycles. The molecule has 2 heterocycles. The Balaban J connectivity index is 1.33. The summed E-state index contributed by atoms with van der Waals surface area (Å²) in [6.07, 6.45) is 5.87. The summed E-state index contributed by atoms with van der Waals surface area (Å²) in [7, 11) is 0. The van der Waals surface area contributed by atoms with Crippen molar-refractivity contribution in [3.8, 4) is 11.1 Å². The Morgan fingerprint density at radius 3 is 2.61 bits per heavy atom. The number of carbonyl (C=O) groups excluding carboxylic acids is 1. The number of rotatable bonds is 8. The highest BCUT2D eigenvalue weighted by Gasteiger charge is 2.10. The van der Waals surface area contributed by atoms with Crippen LogP contribution in [-0.2, 0) is 17.8 Å². The number of hydrogen-bond donors (Lipinski definition) is 3. The first-order valence-electron chi connectivity index (χ1n) is 10.3. The maximum absolute atomic E-state index is 12.5. The van der Waals surface area contributed by atoms with E-state index < -0.39 is 5.97 Å². The predicted molar refractivity (Wildman–Crippen MR) is 124 cm³/mol. The summed E-state index contributed by atoms with van der Waals surface area (Å²) in [5, 5.41) is 20.0. The molecule has 0 aliphatic rings. The molecular formula is C24H22N6O3. The Morgan fingerprint density at radius 2 is 1.88 bits per heavy atom. The third-order valence-electron chi connectivity index (χ3n) is 5.06. The summed E-state index contributed by atoms with van der Waals surface area (Å²) in [5.41, 5.74) is 10.7. The summed E-state index contributed by atoms with van der Waals surface area (Å²) < 4.78 is 1.65. The van der Waals surface area contributed by atoms with Gasteiger partial charge in [0, 0.05) is 37.0 Å². The third kappa shape index (κ3) is 5.59. The Hall–Kier alpha value is -4.53. The standard InChI is InChI=1S/C24H22N6O3/c25-21-9-7-18(19-2-1-11-26-13-19)12-22(21)27-23(31)10-8-20-15-30(29-28-20)14-16-3-5-17(6-4-16)24(32)33/h1-7,9,11-13,15H,8,10,14,25H2,(H,27,31)(H,32,33). The summed E-state index contributed by atoms with van der Waals surface area (Å²) in [6, 6.07) is 15.8. The van der Waals surface area contributed by atoms with E-state index in [1.54, 1.807) is 53.6 Å². The number of nitrogens with two attached hydrogens (primary N) is 1. The monoisotopic (exact) mass is 442 g/mol. The van der Waals surface area contributed by atoms with Crippen molar-refractivity contribution < 1.29 is 14.7 Å². The number of nitrogen functional groups attached to an aromatic ring is 1. The minimum absolute atomic E-state index is 0.177. The fourth-order valence-electron chi connectivity index (χ4n) is 3.30. The number of carboxylic acids is 1. The molecule has 2 aromatic heterocycles. The molecule has 0 aliphatic carbocycles. The van der Waals surface area contributed by atoms with Gasteiger partial charge in [-0.3, -0.25) is 9.78 Å². The number of amides is 1. The predicted octanol–water partition coefficient (Wildman–Crippen LogP) is 3.24. The zero-order chi connectivity index (χ0) is 23.2. The van der Waals surface area contributed by atoms with Crippen LogP contribution >= 0.6 is 0 Å². The van der Waals surface area contributed by atoms with Crippen molar-refractivity contribution in [1.29, 1.82) is 0 Å². The Labute approximate surface area is 189 Å². The second-order valence-electron chi connectivity index (χ2n) is 7.50. The molecule has 1 amide bonds. The van der Waals surface area contributed by atoms with Crippen molar-refractivity contribution in [2.45, 2.75) is 19.4 Å². The number of carbonyl (C=O) groups is 2. The van der Waals surface area contributed by atoms with Gasteiger partial charge in [0.25, 0.3) is 0 Å². The zero-order valence-electron chi connectivity index (χ0n) is 17.7. The first kappa shape index (κ1) is 21.7. The summed E-state index contributed by atoms with van der Waals surface area (Å²) in [4.78, 5) is 27.6. The third-order valence-corrected chi connectivity index (χ3v) is 5.06. The molecule has 0 spiro atoms. The van der Waals surface area contributed by atoms with Crippen LogP contribution in [0.25, 0.3) is 11.1 Å². The number of aromatic nitrogens is 4. The largest absolute Gasteiger partial charge is 0.478 e. The van der Waals surface area contributed by atoms with E-state index in [-0.39, 0.29) is 17.9 Å². The first-order valence-corrected chi connectivity index (χ1v) is 10.3. The second kappa shape index (κ2) is 9.73. The van der Waals surface area contributed by atoms with Crippen LogP contribution in [0.2, 0.25) is 0 Å². The normalized spacial score (nSPS) is 10.7. The van der Waals surface area contributed by atoms with Crippen molar-refractivity contribution in [3.63, 3.8) is 0 Å². The lowest BCUT2D eigenvalue weighted by molar-refractivity contribution is -0.116. The number of aromatic carboxylic acids is 1. The van der Waals surface area contributed by atoms with Gasteiger partial charge in [0.15, 0.2) is 0 Å². The van der Waals surface area contributed by atoms with Crippen LogP contribution in [0.3, 0.4) is 0 Å². The molecule has 0 aliphatic heterocycles. The van der Waals surface area contributed by atoms with E-state index in [1.807, 2.05) is 24.3 Å². The fourth-order valence-corrected chi connectivity index (χ4v) is 3.30. The van der Waals surface area contributed by atoms with Crippen molar-refractivity contribution in [3.05, 3.63) is 90.0 Å². The number of benzene rings is 2. The van der Waals surface area contributed by atoms with Crippen molar-refractivity contribution in [2.24, 2.45) is 0 Å². The highest BCUT2D eigenvalue weighted by atomic mass is 16.4. The minimum Gasteiger partial charge on any atom is -0.478 e. The lowest BCUT2D eigenvalue weighted by atomic mass is 10.1. The smallest absolute Gasteiger partial charge is 0.335 e. The lowest BCUT2D eigenvalue weighted by Crippen LogP contribution is -2.13. The first-order chi connectivity index (χ1) is 16.0. The van der Waals surface area contributed by atoms with Gasteiger partial charge in [0.1, 0.15) is 0 Å². The number of pyridine rings is 1. The van der Waals surface area contributed by atoms with Crippen molar-refractivity contribution in [2.75, 3.05) is 11.1 Å². The molecule has 0 radical (unpaired) electrons. The number of anilines is 2. The Kier molecular flexibility index (Phi) is 6.40. The van der Waals surface area contributed by atoms with Crippen molar-refractivity contribution >= 4 is 23.3 Å². The zero-order valence-corrected chi connectivity index (χ0v) is 17.7. The molecule has 0 fully saturated rings. The quantitative estimate of drug-likeness (QED) is 0.356. The molecule has 4 N–H and O–H groups in total. The molecule has 9 nitrogen and oxygen atoms in total. The van der Waals surface area contributed by atoms with Crippen LogP contribution in [0, 0.1) is 0 Å². The van der Waals surface area contributed by atoms with Gasteiger partial charge < -0.3 is 16.2 Å². The van der Waals surface area contributed by atoms with E-state index >= 15 is 0 Å². The molecule has 0 bridgehead atoms. The fraction of sp³-hybridized carbons (Fsp3) is 0.125. The summed E-state index contributed by atoms with van der Waals surface area (Å²) >= 11 is 0. The van der Waals surface area contributed by atoms with E-state index in [4.69, 9.17) is 10.8 Å². The lowest BCUT2D eigenvalue weighted by Gasteiger charge is -2.10. The molecule has 0 saturated heterocycles. The van der Waals surface area contributed by atoms with E-state index in [0.717, 1.165) is 16.7 Å². The van der Waals surface area contributed by atoms with Crippen LogP contribution in [0.5, 0.6) is 0 Å². The Bertz CT molecular complexity index is 1270. The van der Waals surface area contributed by atoms with Crippen LogP contribution in [0.1, 0.15) is 28.0 Å². The van der Waals surface area contributed by atoms with Crippen LogP contribution in [0.15, 0.2) is 73.2 Å². The van der Waals surface area contributed by atoms with Gasteiger partial charge >= 0.3 is 5.97 Å². The van der Waals surface area contributed by atoms with Gasteiger partial charge in [-0.05, 0) is 41.5 Å². The molecule has 0 saturated carbocycles.